The van der Waals surface area contributed by atoms with Gasteiger partial charge in [-0.05, 0) is 23.8 Å². The van der Waals surface area contributed by atoms with Crippen LogP contribution in [0, 0.1) is 0 Å². The second kappa shape index (κ2) is 8.68. The molecule has 3 aromatic carbocycles. The molecular weight excluding hydrogens is 446 g/mol. The van der Waals surface area contributed by atoms with Crippen molar-refractivity contribution in [3.8, 4) is 28.6 Å². The number of hydrogen-bond acceptors (Lipinski definition) is 7. The Morgan fingerprint density at radius 3 is 2.37 bits per heavy atom. The molecule has 9 heteroatoms. The highest BCUT2D eigenvalue weighted by Gasteiger charge is 2.36. The Bertz CT molecular complexity index is 1490. The zero-order valence-electron chi connectivity index (χ0n) is 19.8. The number of nitrogens with two attached hydrogens (primary N) is 1. The summed E-state index contributed by atoms with van der Waals surface area (Å²) in [6.07, 6.45) is 0. The molecule has 1 aliphatic heterocycles. The zero-order valence-corrected chi connectivity index (χ0v) is 19.8. The Hall–Kier alpha value is -4.53. The summed E-state index contributed by atoms with van der Waals surface area (Å²) in [6, 6.07) is 16.8. The van der Waals surface area contributed by atoms with Gasteiger partial charge < -0.3 is 25.3 Å². The van der Waals surface area contributed by atoms with Crippen molar-refractivity contribution in [2.24, 2.45) is 5.73 Å². The summed E-state index contributed by atoms with van der Waals surface area (Å²) in [4.78, 5) is 17.4. The summed E-state index contributed by atoms with van der Waals surface area (Å²) in [5.41, 5.74) is 8.30. The van der Waals surface area contributed by atoms with Crippen LogP contribution in [-0.4, -0.2) is 42.0 Å². The number of anilines is 1. The SMILES string of the molecule is COc1cc(OC)c(C2C(C(N)=O)=C(C)Nc3nc(-c4cccc5ccccc45)nn32)cc1OC. The predicted molar refractivity (Wildman–Crippen MR) is 133 cm³/mol. The van der Waals surface area contributed by atoms with E-state index < -0.39 is 11.9 Å². The molecule has 1 atom stereocenters. The summed E-state index contributed by atoms with van der Waals surface area (Å²) in [5.74, 6) is 1.90. The molecule has 4 aromatic rings. The normalized spacial score (nSPS) is 14.9. The number of fused-ring (bicyclic) bond motifs is 2. The first kappa shape index (κ1) is 22.3. The van der Waals surface area contributed by atoms with Crippen LogP contribution in [0.1, 0.15) is 18.5 Å². The number of carbonyl (C=O) groups excluding carboxylic acids is 1. The molecule has 178 valence electrons. The first-order chi connectivity index (χ1) is 17.0. The Morgan fingerprint density at radius 2 is 1.66 bits per heavy atom. The molecule has 1 aliphatic rings. The fraction of sp³-hybridized carbons (Fsp3) is 0.192. The van der Waals surface area contributed by atoms with Gasteiger partial charge in [0.25, 0.3) is 0 Å². The first-order valence-corrected chi connectivity index (χ1v) is 11.0. The molecule has 3 N–H and O–H groups in total. The van der Waals surface area contributed by atoms with Crippen molar-refractivity contribution in [3.05, 3.63) is 71.4 Å². The summed E-state index contributed by atoms with van der Waals surface area (Å²) >= 11 is 0. The fourth-order valence-corrected chi connectivity index (χ4v) is 4.56. The maximum atomic E-state index is 12.7. The van der Waals surface area contributed by atoms with Crippen LogP contribution < -0.4 is 25.3 Å². The van der Waals surface area contributed by atoms with Crippen molar-refractivity contribution in [1.29, 1.82) is 0 Å². The molecule has 0 saturated heterocycles. The van der Waals surface area contributed by atoms with E-state index in [1.807, 2.05) is 42.5 Å². The molecular formula is C26H25N5O4. The lowest BCUT2D eigenvalue weighted by molar-refractivity contribution is -0.115. The van der Waals surface area contributed by atoms with Gasteiger partial charge in [0.2, 0.25) is 11.9 Å². The lowest BCUT2D eigenvalue weighted by Crippen LogP contribution is -2.32. The fourth-order valence-electron chi connectivity index (χ4n) is 4.56. The average Bonchev–Trinajstić information content (AvgIpc) is 3.29. The monoisotopic (exact) mass is 471 g/mol. The number of methoxy groups -OCH3 is 3. The maximum Gasteiger partial charge on any atom is 0.248 e. The molecule has 35 heavy (non-hydrogen) atoms. The molecule has 0 bridgehead atoms. The van der Waals surface area contributed by atoms with Gasteiger partial charge >= 0.3 is 0 Å². The van der Waals surface area contributed by atoms with Gasteiger partial charge in [-0.3, -0.25) is 4.79 Å². The van der Waals surface area contributed by atoms with E-state index >= 15 is 0 Å². The predicted octanol–water partition coefficient (Wildman–Crippen LogP) is 3.90. The van der Waals surface area contributed by atoms with Gasteiger partial charge in [0.05, 0.1) is 26.9 Å². The Balaban J connectivity index is 1.75. The van der Waals surface area contributed by atoms with Crippen LogP contribution in [0.2, 0.25) is 0 Å². The molecule has 1 aromatic heterocycles. The summed E-state index contributed by atoms with van der Waals surface area (Å²) in [7, 11) is 4.65. The van der Waals surface area contributed by atoms with Crippen molar-refractivity contribution in [2.75, 3.05) is 26.6 Å². The van der Waals surface area contributed by atoms with E-state index in [1.165, 1.54) is 0 Å². The molecule has 0 radical (unpaired) electrons. The number of nitrogens with one attached hydrogen (secondary N) is 1. The van der Waals surface area contributed by atoms with E-state index in [-0.39, 0.29) is 0 Å². The molecule has 0 aliphatic carbocycles. The molecule has 2 heterocycles. The highest BCUT2D eigenvalue weighted by atomic mass is 16.5. The van der Waals surface area contributed by atoms with Gasteiger partial charge in [0.1, 0.15) is 11.8 Å². The summed E-state index contributed by atoms with van der Waals surface area (Å²) in [6.45, 7) is 1.79. The lowest BCUT2D eigenvalue weighted by atomic mass is 9.94. The van der Waals surface area contributed by atoms with Gasteiger partial charge in [0.15, 0.2) is 17.3 Å². The van der Waals surface area contributed by atoms with E-state index in [4.69, 9.17) is 30.0 Å². The molecule has 1 unspecified atom stereocenters. The topological polar surface area (TPSA) is 114 Å². The number of carbonyl (C=O) groups is 1. The third-order valence-corrected chi connectivity index (χ3v) is 6.18. The van der Waals surface area contributed by atoms with Crippen molar-refractivity contribution in [3.63, 3.8) is 0 Å². The number of hydrogen-bond donors (Lipinski definition) is 2. The Morgan fingerprint density at radius 1 is 0.971 bits per heavy atom. The number of allylic oxidation sites excluding steroid dienone is 1. The first-order valence-electron chi connectivity index (χ1n) is 11.0. The molecule has 5 rings (SSSR count). The number of ether oxygens (including phenoxy) is 3. The van der Waals surface area contributed by atoms with Crippen LogP contribution in [-0.2, 0) is 4.79 Å². The van der Waals surface area contributed by atoms with Crippen molar-refractivity contribution < 1.29 is 19.0 Å². The number of nitrogens with zero attached hydrogens (tertiary/aromatic N) is 3. The van der Waals surface area contributed by atoms with Gasteiger partial charge in [-0.2, -0.15) is 4.98 Å². The second-order valence-corrected chi connectivity index (χ2v) is 8.11. The molecule has 1 amide bonds. The minimum Gasteiger partial charge on any atom is -0.496 e. The van der Waals surface area contributed by atoms with Crippen LogP contribution in [0.4, 0.5) is 5.95 Å². The number of aromatic nitrogens is 3. The van der Waals surface area contributed by atoms with Crippen LogP contribution >= 0.6 is 0 Å². The van der Waals surface area contributed by atoms with Crippen molar-refractivity contribution in [2.45, 2.75) is 13.0 Å². The number of primary amides is 1. The van der Waals surface area contributed by atoms with Crippen LogP contribution in [0.25, 0.3) is 22.2 Å². The van der Waals surface area contributed by atoms with Crippen LogP contribution in [0.3, 0.4) is 0 Å². The smallest absolute Gasteiger partial charge is 0.248 e. The summed E-state index contributed by atoms with van der Waals surface area (Å²) in [5, 5.41) is 10.1. The van der Waals surface area contributed by atoms with E-state index in [0.29, 0.717) is 45.9 Å². The minimum absolute atomic E-state index is 0.345. The highest BCUT2D eigenvalue weighted by Crippen LogP contribution is 2.44. The maximum absolute atomic E-state index is 12.7. The van der Waals surface area contributed by atoms with Gasteiger partial charge in [-0.15, -0.1) is 5.10 Å². The second-order valence-electron chi connectivity index (χ2n) is 8.11. The van der Waals surface area contributed by atoms with Gasteiger partial charge in [-0.25, -0.2) is 4.68 Å². The number of benzene rings is 3. The molecule has 9 nitrogen and oxygen atoms in total. The van der Waals surface area contributed by atoms with Crippen LogP contribution in [0.15, 0.2) is 65.9 Å². The van der Waals surface area contributed by atoms with Crippen molar-refractivity contribution in [1.82, 2.24) is 14.8 Å². The third-order valence-electron chi connectivity index (χ3n) is 6.18. The number of rotatable bonds is 6. The minimum atomic E-state index is -0.699. The Labute approximate surface area is 202 Å². The molecule has 0 spiro atoms. The quantitative estimate of drug-likeness (QED) is 0.438. The molecule has 0 saturated carbocycles. The highest BCUT2D eigenvalue weighted by molar-refractivity contribution is 5.97. The van der Waals surface area contributed by atoms with E-state index in [9.17, 15) is 4.79 Å². The van der Waals surface area contributed by atoms with E-state index in [2.05, 4.69) is 5.32 Å². The van der Waals surface area contributed by atoms with E-state index in [1.54, 1.807) is 45.1 Å². The standard InChI is InChI=1S/C26H25N5O4/c1-14-22(24(27)32)23(18-12-20(34-3)21(35-4)13-19(18)33-2)31-26(28-14)29-25(30-31)17-11-7-9-15-8-5-6-10-16(15)17/h5-13,23H,1-4H3,(H2,27,32)(H,28,29,30). The van der Waals surface area contributed by atoms with Crippen molar-refractivity contribution >= 4 is 22.6 Å². The lowest BCUT2D eigenvalue weighted by Gasteiger charge is -2.29. The largest absolute Gasteiger partial charge is 0.496 e. The van der Waals surface area contributed by atoms with Crippen LogP contribution in [0.5, 0.6) is 17.2 Å². The van der Waals surface area contributed by atoms with E-state index in [0.717, 1.165) is 16.3 Å². The van der Waals surface area contributed by atoms with Gasteiger partial charge in [-0.1, -0.05) is 42.5 Å². The average molecular weight is 472 g/mol. The van der Waals surface area contributed by atoms with Gasteiger partial charge in [0, 0.05) is 22.9 Å². The zero-order chi connectivity index (χ0) is 24.7. The number of amides is 1. The third kappa shape index (κ3) is 3.61. The summed E-state index contributed by atoms with van der Waals surface area (Å²) < 4.78 is 18.3. The Kier molecular flexibility index (Phi) is 5.52. The molecule has 0 fully saturated rings.